The fourth-order valence-electron chi connectivity index (χ4n) is 1.75. The van der Waals surface area contributed by atoms with Crippen molar-refractivity contribution < 1.29 is 13.6 Å². The number of hydrogen-bond acceptors (Lipinski definition) is 1. The summed E-state index contributed by atoms with van der Waals surface area (Å²) in [6, 6.07) is 10.1. The van der Waals surface area contributed by atoms with Gasteiger partial charge in [-0.3, -0.25) is 4.79 Å². The van der Waals surface area contributed by atoms with E-state index < -0.39 is 11.6 Å². The van der Waals surface area contributed by atoms with E-state index in [1.807, 2.05) is 19.1 Å². The molecule has 19 heavy (non-hydrogen) atoms. The van der Waals surface area contributed by atoms with E-state index in [-0.39, 0.29) is 11.6 Å². The van der Waals surface area contributed by atoms with E-state index in [1.54, 1.807) is 12.1 Å². The van der Waals surface area contributed by atoms with Gasteiger partial charge in [0.15, 0.2) is 0 Å². The number of amides is 1. The first-order chi connectivity index (χ1) is 8.99. The lowest BCUT2D eigenvalue weighted by molar-refractivity contribution is 0.0992. The number of carbonyl (C=O) groups excluding carboxylic acids is 1. The minimum absolute atomic E-state index is 0.0481. The standard InChI is InChI=1S/C15H13F2NO/c1-10-3-5-11(6-4-10)15(19)18(2)14-8-7-12(16)9-13(14)17/h3-9H,1-2H3. The number of carbonyl (C=O) groups is 1. The smallest absolute Gasteiger partial charge is 0.258 e. The van der Waals surface area contributed by atoms with E-state index in [2.05, 4.69) is 0 Å². The maximum absolute atomic E-state index is 13.6. The molecule has 0 fully saturated rings. The van der Waals surface area contributed by atoms with Crippen molar-refractivity contribution in [3.05, 3.63) is 65.2 Å². The summed E-state index contributed by atoms with van der Waals surface area (Å²) in [5.74, 6) is -1.77. The zero-order valence-electron chi connectivity index (χ0n) is 10.7. The van der Waals surface area contributed by atoms with Gasteiger partial charge in [-0.15, -0.1) is 0 Å². The molecule has 0 saturated heterocycles. The summed E-state index contributed by atoms with van der Waals surface area (Å²) >= 11 is 0. The number of halogens is 2. The molecule has 0 aliphatic rings. The van der Waals surface area contributed by atoms with Crippen LogP contribution in [0.5, 0.6) is 0 Å². The van der Waals surface area contributed by atoms with Gasteiger partial charge < -0.3 is 4.90 Å². The minimum atomic E-state index is -0.761. The van der Waals surface area contributed by atoms with Gasteiger partial charge in [0, 0.05) is 18.7 Å². The Kier molecular flexibility index (Phi) is 3.60. The van der Waals surface area contributed by atoms with Gasteiger partial charge in [-0.05, 0) is 31.2 Å². The Morgan fingerprint density at radius 2 is 1.68 bits per heavy atom. The summed E-state index contributed by atoms with van der Waals surface area (Å²) in [6.45, 7) is 1.91. The normalized spacial score (nSPS) is 10.3. The summed E-state index contributed by atoms with van der Waals surface area (Å²) in [5, 5.41) is 0. The van der Waals surface area contributed by atoms with Crippen LogP contribution in [0.25, 0.3) is 0 Å². The molecular formula is C15H13F2NO. The quantitative estimate of drug-likeness (QED) is 0.809. The average Bonchev–Trinajstić information content (AvgIpc) is 2.38. The second-order valence-electron chi connectivity index (χ2n) is 4.33. The second kappa shape index (κ2) is 5.18. The molecule has 0 atom stereocenters. The van der Waals surface area contributed by atoms with E-state index in [1.165, 1.54) is 18.0 Å². The average molecular weight is 261 g/mol. The fraction of sp³-hybridized carbons (Fsp3) is 0.133. The Balaban J connectivity index is 2.30. The first kappa shape index (κ1) is 13.2. The van der Waals surface area contributed by atoms with E-state index in [0.29, 0.717) is 5.56 Å². The Bertz CT molecular complexity index is 608. The molecule has 0 heterocycles. The number of nitrogens with zero attached hydrogens (tertiary/aromatic N) is 1. The lowest BCUT2D eigenvalue weighted by Crippen LogP contribution is -2.27. The Morgan fingerprint density at radius 1 is 1.05 bits per heavy atom. The predicted octanol–water partition coefficient (Wildman–Crippen LogP) is 3.55. The molecule has 1 amide bonds. The molecule has 0 unspecified atom stereocenters. The van der Waals surface area contributed by atoms with E-state index in [9.17, 15) is 13.6 Å². The minimum Gasteiger partial charge on any atom is -0.309 e. The van der Waals surface area contributed by atoms with Gasteiger partial charge in [0.2, 0.25) is 0 Å². The maximum atomic E-state index is 13.6. The summed E-state index contributed by atoms with van der Waals surface area (Å²) in [4.78, 5) is 13.3. The van der Waals surface area contributed by atoms with Gasteiger partial charge in [0.25, 0.3) is 5.91 Å². The Hall–Kier alpha value is -2.23. The van der Waals surface area contributed by atoms with Crippen LogP contribution < -0.4 is 4.90 Å². The van der Waals surface area contributed by atoms with E-state index in [4.69, 9.17) is 0 Å². The van der Waals surface area contributed by atoms with E-state index >= 15 is 0 Å². The molecule has 0 radical (unpaired) electrons. The number of rotatable bonds is 2. The van der Waals surface area contributed by atoms with Crippen LogP contribution in [0.3, 0.4) is 0 Å². The molecule has 0 saturated carbocycles. The van der Waals surface area contributed by atoms with Crippen molar-refractivity contribution in [3.63, 3.8) is 0 Å². The van der Waals surface area contributed by atoms with Gasteiger partial charge in [-0.1, -0.05) is 17.7 Å². The van der Waals surface area contributed by atoms with Crippen LogP contribution in [0, 0.1) is 18.6 Å². The fourth-order valence-corrected chi connectivity index (χ4v) is 1.75. The third-order valence-corrected chi connectivity index (χ3v) is 2.87. The van der Waals surface area contributed by atoms with Crippen LogP contribution in [-0.4, -0.2) is 13.0 Å². The molecule has 2 aromatic rings. The van der Waals surface area contributed by atoms with Crippen LogP contribution in [0.4, 0.5) is 14.5 Å². The molecule has 0 aromatic heterocycles. The Labute approximate surface area is 110 Å². The molecule has 0 aliphatic heterocycles. The SMILES string of the molecule is Cc1ccc(C(=O)N(C)c2ccc(F)cc2F)cc1. The molecular weight excluding hydrogens is 248 g/mol. The molecule has 4 heteroatoms. The van der Waals surface area contributed by atoms with Crippen LogP contribution in [-0.2, 0) is 0 Å². The molecule has 0 aliphatic carbocycles. The largest absolute Gasteiger partial charge is 0.309 e. The predicted molar refractivity (Wildman–Crippen MR) is 70.3 cm³/mol. The number of hydrogen-bond donors (Lipinski definition) is 0. The summed E-state index contributed by atoms with van der Waals surface area (Å²) in [6.07, 6.45) is 0. The molecule has 2 rings (SSSR count). The summed E-state index contributed by atoms with van der Waals surface area (Å²) in [5.41, 5.74) is 1.54. The Morgan fingerprint density at radius 3 is 2.26 bits per heavy atom. The van der Waals surface area contributed by atoms with Crippen LogP contribution in [0.15, 0.2) is 42.5 Å². The summed E-state index contributed by atoms with van der Waals surface area (Å²) < 4.78 is 26.4. The van der Waals surface area contributed by atoms with Crippen molar-refractivity contribution in [2.75, 3.05) is 11.9 Å². The van der Waals surface area contributed by atoms with Crippen molar-refractivity contribution in [1.82, 2.24) is 0 Å². The highest BCUT2D eigenvalue weighted by atomic mass is 19.1. The molecule has 2 nitrogen and oxygen atoms in total. The second-order valence-corrected chi connectivity index (χ2v) is 4.33. The molecule has 98 valence electrons. The van der Waals surface area contributed by atoms with Crippen molar-refractivity contribution in [1.29, 1.82) is 0 Å². The number of aryl methyl sites for hydroxylation is 1. The number of anilines is 1. The molecule has 2 aromatic carbocycles. The number of benzene rings is 2. The maximum Gasteiger partial charge on any atom is 0.258 e. The lowest BCUT2D eigenvalue weighted by Gasteiger charge is -2.18. The first-order valence-electron chi connectivity index (χ1n) is 5.79. The third kappa shape index (κ3) is 2.78. The molecule has 0 bridgehead atoms. The zero-order valence-corrected chi connectivity index (χ0v) is 10.7. The van der Waals surface area contributed by atoms with Gasteiger partial charge >= 0.3 is 0 Å². The van der Waals surface area contributed by atoms with E-state index in [0.717, 1.165) is 17.7 Å². The van der Waals surface area contributed by atoms with Crippen LogP contribution in [0.1, 0.15) is 15.9 Å². The monoisotopic (exact) mass is 261 g/mol. The highest BCUT2D eigenvalue weighted by Gasteiger charge is 2.16. The van der Waals surface area contributed by atoms with Gasteiger partial charge in [0.05, 0.1) is 5.69 Å². The highest BCUT2D eigenvalue weighted by molar-refractivity contribution is 6.05. The van der Waals surface area contributed by atoms with Gasteiger partial charge in [0.1, 0.15) is 11.6 Å². The van der Waals surface area contributed by atoms with Crippen molar-refractivity contribution in [3.8, 4) is 0 Å². The van der Waals surface area contributed by atoms with Crippen LogP contribution in [0.2, 0.25) is 0 Å². The topological polar surface area (TPSA) is 20.3 Å². The van der Waals surface area contributed by atoms with Crippen molar-refractivity contribution >= 4 is 11.6 Å². The third-order valence-electron chi connectivity index (χ3n) is 2.87. The van der Waals surface area contributed by atoms with Gasteiger partial charge in [-0.25, -0.2) is 8.78 Å². The van der Waals surface area contributed by atoms with Crippen molar-refractivity contribution in [2.24, 2.45) is 0 Å². The highest BCUT2D eigenvalue weighted by Crippen LogP contribution is 2.20. The lowest BCUT2D eigenvalue weighted by atomic mass is 10.1. The molecule has 0 N–H and O–H groups in total. The van der Waals surface area contributed by atoms with Crippen LogP contribution >= 0.6 is 0 Å². The molecule has 0 spiro atoms. The first-order valence-corrected chi connectivity index (χ1v) is 5.79. The van der Waals surface area contributed by atoms with Gasteiger partial charge in [-0.2, -0.15) is 0 Å². The zero-order chi connectivity index (χ0) is 14.0. The summed E-state index contributed by atoms with van der Waals surface area (Å²) in [7, 11) is 1.46. The van der Waals surface area contributed by atoms with Crippen molar-refractivity contribution in [2.45, 2.75) is 6.92 Å².